The van der Waals surface area contributed by atoms with Gasteiger partial charge >= 0.3 is 0 Å². The van der Waals surface area contributed by atoms with Crippen LogP contribution in [0.15, 0.2) is 0 Å². The number of rotatable bonds is 12. The highest BCUT2D eigenvalue weighted by atomic mass is 16.5. The van der Waals surface area contributed by atoms with Gasteiger partial charge in [-0.15, -0.1) is 0 Å². The zero-order valence-electron chi connectivity index (χ0n) is 13.1. The van der Waals surface area contributed by atoms with Crippen LogP contribution in [0.4, 0.5) is 0 Å². The first kappa shape index (κ1) is 18.4. The van der Waals surface area contributed by atoms with Crippen molar-refractivity contribution < 1.29 is 9.53 Å². The molecule has 1 amide bonds. The SMILES string of the molecule is CCCCCCCOC(C)CC(C)(NCC)C(N)=O. The monoisotopic (exact) mass is 272 g/mol. The molecule has 0 saturated carbocycles. The number of primary amides is 1. The topological polar surface area (TPSA) is 64.3 Å². The van der Waals surface area contributed by atoms with Gasteiger partial charge in [-0.3, -0.25) is 4.79 Å². The summed E-state index contributed by atoms with van der Waals surface area (Å²) in [4.78, 5) is 11.5. The smallest absolute Gasteiger partial charge is 0.237 e. The summed E-state index contributed by atoms with van der Waals surface area (Å²) in [6.45, 7) is 9.53. The average molecular weight is 272 g/mol. The normalized spacial score (nSPS) is 16.0. The lowest BCUT2D eigenvalue weighted by Gasteiger charge is -2.29. The summed E-state index contributed by atoms with van der Waals surface area (Å²) >= 11 is 0. The van der Waals surface area contributed by atoms with E-state index in [0.717, 1.165) is 19.6 Å². The van der Waals surface area contributed by atoms with E-state index in [2.05, 4.69) is 12.2 Å². The van der Waals surface area contributed by atoms with E-state index in [-0.39, 0.29) is 12.0 Å². The molecule has 0 aliphatic rings. The summed E-state index contributed by atoms with van der Waals surface area (Å²) in [5.41, 5.74) is 4.79. The van der Waals surface area contributed by atoms with Crippen molar-refractivity contribution in [3.8, 4) is 0 Å². The highest BCUT2D eigenvalue weighted by Gasteiger charge is 2.31. The molecular weight excluding hydrogens is 240 g/mol. The third-order valence-electron chi connectivity index (χ3n) is 3.46. The minimum absolute atomic E-state index is 0.0442. The number of ether oxygens (including phenoxy) is 1. The number of nitrogens with two attached hydrogens (primary N) is 1. The molecule has 2 atom stereocenters. The van der Waals surface area contributed by atoms with E-state index >= 15 is 0 Å². The van der Waals surface area contributed by atoms with Crippen LogP contribution in [-0.4, -0.2) is 30.7 Å². The van der Waals surface area contributed by atoms with E-state index in [4.69, 9.17) is 10.5 Å². The Hall–Kier alpha value is -0.610. The third kappa shape index (κ3) is 8.22. The molecule has 19 heavy (non-hydrogen) atoms. The van der Waals surface area contributed by atoms with Gasteiger partial charge in [0.05, 0.1) is 11.6 Å². The van der Waals surface area contributed by atoms with Crippen molar-refractivity contribution in [2.24, 2.45) is 5.73 Å². The first-order valence-corrected chi connectivity index (χ1v) is 7.62. The molecule has 0 heterocycles. The van der Waals surface area contributed by atoms with E-state index in [0.29, 0.717) is 6.42 Å². The number of unbranched alkanes of at least 4 members (excludes halogenated alkanes) is 4. The second kappa shape index (κ2) is 10.2. The molecule has 0 aromatic rings. The van der Waals surface area contributed by atoms with Gasteiger partial charge in [0.15, 0.2) is 0 Å². The van der Waals surface area contributed by atoms with Crippen molar-refractivity contribution in [1.82, 2.24) is 5.32 Å². The van der Waals surface area contributed by atoms with Gasteiger partial charge in [-0.05, 0) is 26.8 Å². The molecule has 0 bridgehead atoms. The third-order valence-corrected chi connectivity index (χ3v) is 3.46. The van der Waals surface area contributed by atoms with Crippen molar-refractivity contribution in [3.05, 3.63) is 0 Å². The molecule has 2 unspecified atom stereocenters. The van der Waals surface area contributed by atoms with Gasteiger partial charge in [0.2, 0.25) is 5.91 Å². The Balaban J connectivity index is 3.87. The number of amides is 1. The van der Waals surface area contributed by atoms with Crippen molar-refractivity contribution in [3.63, 3.8) is 0 Å². The summed E-state index contributed by atoms with van der Waals surface area (Å²) in [6, 6.07) is 0. The first-order chi connectivity index (χ1) is 8.96. The van der Waals surface area contributed by atoms with Crippen molar-refractivity contribution in [1.29, 1.82) is 0 Å². The van der Waals surface area contributed by atoms with E-state index in [1.807, 2.05) is 20.8 Å². The van der Waals surface area contributed by atoms with Crippen LogP contribution in [0, 0.1) is 0 Å². The van der Waals surface area contributed by atoms with E-state index in [1.165, 1.54) is 25.7 Å². The maximum atomic E-state index is 11.5. The minimum Gasteiger partial charge on any atom is -0.378 e. The molecule has 0 aromatic carbocycles. The van der Waals surface area contributed by atoms with Crippen LogP contribution in [-0.2, 0) is 9.53 Å². The van der Waals surface area contributed by atoms with Crippen molar-refractivity contribution >= 4 is 5.91 Å². The number of carbonyl (C=O) groups excluding carboxylic acids is 1. The average Bonchev–Trinajstić information content (AvgIpc) is 2.33. The Bertz CT molecular complexity index is 246. The molecule has 4 heteroatoms. The van der Waals surface area contributed by atoms with Gasteiger partial charge in [0.25, 0.3) is 0 Å². The minimum atomic E-state index is -0.670. The Labute approximate surface area is 118 Å². The Morgan fingerprint density at radius 3 is 2.42 bits per heavy atom. The van der Waals surface area contributed by atoms with Crippen LogP contribution < -0.4 is 11.1 Å². The van der Waals surface area contributed by atoms with Gasteiger partial charge in [0.1, 0.15) is 0 Å². The quantitative estimate of drug-likeness (QED) is 0.537. The van der Waals surface area contributed by atoms with Crippen LogP contribution in [0.1, 0.15) is 66.2 Å². The van der Waals surface area contributed by atoms with Crippen LogP contribution >= 0.6 is 0 Å². The van der Waals surface area contributed by atoms with Crippen LogP contribution in [0.25, 0.3) is 0 Å². The van der Waals surface area contributed by atoms with Gasteiger partial charge in [-0.2, -0.15) is 0 Å². The molecule has 0 aromatic heterocycles. The van der Waals surface area contributed by atoms with Gasteiger partial charge in [-0.1, -0.05) is 39.5 Å². The highest BCUT2D eigenvalue weighted by molar-refractivity contribution is 5.84. The molecule has 0 aliphatic heterocycles. The summed E-state index contributed by atoms with van der Waals surface area (Å²) in [7, 11) is 0. The summed E-state index contributed by atoms with van der Waals surface area (Å²) in [6.07, 6.45) is 6.82. The molecule has 114 valence electrons. The fourth-order valence-electron chi connectivity index (χ4n) is 2.27. The number of hydrogen-bond acceptors (Lipinski definition) is 3. The highest BCUT2D eigenvalue weighted by Crippen LogP contribution is 2.15. The van der Waals surface area contributed by atoms with Crippen molar-refractivity contribution in [2.75, 3.05) is 13.2 Å². The number of hydrogen-bond donors (Lipinski definition) is 2. The van der Waals surface area contributed by atoms with Gasteiger partial charge < -0.3 is 15.8 Å². The molecule has 3 N–H and O–H groups in total. The fraction of sp³-hybridized carbons (Fsp3) is 0.933. The van der Waals surface area contributed by atoms with Crippen LogP contribution in [0.3, 0.4) is 0 Å². The Kier molecular flexibility index (Phi) is 9.88. The lowest BCUT2D eigenvalue weighted by atomic mass is 9.94. The largest absolute Gasteiger partial charge is 0.378 e. The maximum absolute atomic E-state index is 11.5. The van der Waals surface area contributed by atoms with E-state index in [1.54, 1.807) is 0 Å². The predicted octanol–water partition coefficient (Wildman–Crippen LogP) is 2.61. The van der Waals surface area contributed by atoms with E-state index < -0.39 is 5.54 Å². The second-order valence-electron chi connectivity index (χ2n) is 5.53. The van der Waals surface area contributed by atoms with Crippen LogP contribution in [0.5, 0.6) is 0 Å². The molecule has 0 fully saturated rings. The number of nitrogens with one attached hydrogen (secondary N) is 1. The zero-order valence-corrected chi connectivity index (χ0v) is 13.1. The van der Waals surface area contributed by atoms with Crippen LogP contribution in [0.2, 0.25) is 0 Å². The van der Waals surface area contributed by atoms with Crippen molar-refractivity contribution in [2.45, 2.75) is 77.9 Å². The molecule has 0 saturated heterocycles. The standard InChI is InChI=1S/C15H32N2O2/c1-5-7-8-9-10-11-19-13(3)12-15(4,14(16)18)17-6-2/h13,17H,5-12H2,1-4H3,(H2,16,18). The molecule has 4 nitrogen and oxygen atoms in total. The molecule has 0 spiro atoms. The predicted molar refractivity (Wildman–Crippen MR) is 80.1 cm³/mol. The maximum Gasteiger partial charge on any atom is 0.237 e. The Morgan fingerprint density at radius 1 is 1.26 bits per heavy atom. The van der Waals surface area contributed by atoms with Gasteiger partial charge in [0, 0.05) is 13.0 Å². The van der Waals surface area contributed by atoms with Gasteiger partial charge in [-0.25, -0.2) is 0 Å². The fourth-order valence-corrected chi connectivity index (χ4v) is 2.27. The summed E-state index contributed by atoms with van der Waals surface area (Å²) in [5, 5.41) is 3.15. The molecular formula is C15H32N2O2. The second-order valence-corrected chi connectivity index (χ2v) is 5.53. The molecule has 0 radical (unpaired) electrons. The summed E-state index contributed by atoms with van der Waals surface area (Å²) < 4.78 is 5.77. The lowest BCUT2D eigenvalue weighted by molar-refractivity contribution is -0.125. The lowest BCUT2D eigenvalue weighted by Crippen LogP contribution is -2.54. The summed E-state index contributed by atoms with van der Waals surface area (Å²) in [5.74, 6) is -0.312. The first-order valence-electron chi connectivity index (χ1n) is 7.62. The van der Waals surface area contributed by atoms with E-state index in [9.17, 15) is 4.79 Å². The number of likely N-dealkylation sites (N-methyl/N-ethyl adjacent to an activating group) is 1. The Morgan fingerprint density at radius 2 is 1.89 bits per heavy atom. The molecule has 0 aliphatic carbocycles. The zero-order chi connectivity index (χ0) is 14.7. The number of carbonyl (C=O) groups is 1. The molecule has 0 rings (SSSR count).